The molecule has 0 aliphatic rings. The fourth-order valence-corrected chi connectivity index (χ4v) is 2.42. The maximum absolute atomic E-state index is 12.4. The molecule has 0 saturated heterocycles. The highest BCUT2D eigenvalue weighted by Gasteiger charge is 2.14. The van der Waals surface area contributed by atoms with E-state index in [2.05, 4.69) is 15.0 Å². The van der Waals surface area contributed by atoms with Gasteiger partial charge in [0.1, 0.15) is 5.52 Å². The molecule has 0 radical (unpaired) electrons. The van der Waals surface area contributed by atoms with Crippen molar-refractivity contribution in [2.75, 3.05) is 27.3 Å². The van der Waals surface area contributed by atoms with Crippen LogP contribution in [0, 0.1) is 0 Å². The third-order valence-corrected chi connectivity index (χ3v) is 3.76. The van der Waals surface area contributed by atoms with E-state index in [0.717, 1.165) is 11.2 Å². The highest BCUT2D eigenvalue weighted by atomic mass is 16.5. The number of imidazole rings is 1. The second-order valence-electron chi connectivity index (χ2n) is 5.52. The minimum absolute atomic E-state index is 0.0942. The first-order valence-electron chi connectivity index (χ1n) is 7.63. The summed E-state index contributed by atoms with van der Waals surface area (Å²) in [4.78, 5) is 26.9. The van der Waals surface area contributed by atoms with Crippen molar-refractivity contribution >= 4 is 17.1 Å². The van der Waals surface area contributed by atoms with Crippen molar-refractivity contribution in [3.8, 4) is 0 Å². The molecular formula is C17H19N5O2. The van der Waals surface area contributed by atoms with Gasteiger partial charge in [0.2, 0.25) is 0 Å². The first-order valence-corrected chi connectivity index (χ1v) is 7.63. The molecule has 0 N–H and O–H groups in total. The summed E-state index contributed by atoms with van der Waals surface area (Å²) in [5.41, 5.74) is 3.03. The van der Waals surface area contributed by atoms with Crippen molar-refractivity contribution in [2.45, 2.75) is 6.54 Å². The minimum atomic E-state index is -0.0942. The third-order valence-electron chi connectivity index (χ3n) is 3.76. The van der Waals surface area contributed by atoms with Gasteiger partial charge in [0.25, 0.3) is 5.91 Å². The number of carbonyl (C=O) groups excluding carboxylic acids is 1. The lowest BCUT2D eigenvalue weighted by molar-refractivity contribution is 0.0744. The smallest absolute Gasteiger partial charge is 0.255 e. The van der Waals surface area contributed by atoms with E-state index in [9.17, 15) is 4.79 Å². The van der Waals surface area contributed by atoms with E-state index in [4.69, 9.17) is 4.74 Å². The summed E-state index contributed by atoms with van der Waals surface area (Å²) >= 11 is 0. The average Bonchev–Trinajstić information content (AvgIpc) is 3.02. The average molecular weight is 325 g/mol. The maximum atomic E-state index is 12.4. The van der Waals surface area contributed by atoms with Gasteiger partial charge in [0.15, 0.2) is 5.65 Å². The topological polar surface area (TPSA) is 73.1 Å². The molecule has 0 atom stereocenters. The first kappa shape index (κ1) is 16.1. The number of rotatable bonds is 6. The second-order valence-corrected chi connectivity index (χ2v) is 5.52. The zero-order valence-electron chi connectivity index (χ0n) is 13.7. The maximum Gasteiger partial charge on any atom is 0.255 e. The number of hydrogen-bond donors (Lipinski definition) is 0. The van der Waals surface area contributed by atoms with Crippen LogP contribution >= 0.6 is 0 Å². The van der Waals surface area contributed by atoms with Crippen LogP contribution in [0.15, 0.2) is 43.1 Å². The second kappa shape index (κ2) is 7.18. The van der Waals surface area contributed by atoms with Gasteiger partial charge in [0, 0.05) is 39.3 Å². The number of fused-ring (bicyclic) bond motifs is 1. The number of nitrogens with zero attached hydrogens (tertiary/aromatic N) is 5. The molecule has 3 heterocycles. The minimum Gasteiger partial charge on any atom is -0.383 e. The molecule has 0 bridgehead atoms. The molecule has 3 aromatic heterocycles. The molecule has 0 saturated carbocycles. The molecule has 1 amide bonds. The van der Waals surface area contributed by atoms with Gasteiger partial charge in [-0.3, -0.25) is 9.78 Å². The summed E-state index contributed by atoms with van der Waals surface area (Å²) in [6.45, 7) is 1.67. The Morgan fingerprint density at radius 1 is 1.33 bits per heavy atom. The van der Waals surface area contributed by atoms with Crippen molar-refractivity contribution in [1.29, 1.82) is 0 Å². The lowest BCUT2D eigenvalue weighted by Crippen LogP contribution is -2.30. The molecule has 0 aromatic carbocycles. The van der Waals surface area contributed by atoms with Crippen molar-refractivity contribution in [1.82, 2.24) is 24.4 Å². The normalized spacial score (nSPS) is 10.9. The highest BCUT2D eigenvalue weighted by molar-refractivity contribution is 5.96. The number of hydrogen-bond acceptors (Lipinski definition) is 5. The summed E-state index contributed by atoms with van der Waals surface area (Å²) in [5.74, 6) is -0.0942. The Morgan fingerprint density at radius 2 is 2.21 bits per heavy atom. The van der Waals surface area contributed by atoms with Crippen molar-refractivity contribution in [2.24, 2.45) is 0 Å². The lowest BCUT2D eigenvalue weighted by atomic mass is 10.2. The van der Waals surface area contributed by atoms with Gasteiger partial charge in [0.05, 0.1) is 25.0 Å². The standard InChI is InChI=1S/C17H19N5O2/c1-21(6-7-24-2)17(23)14-8-15-16(19-10-14)22(12-20-15)11-13-4-3-5-18-9-13/h3-5,8-10,12H,6-7,11H2,1-2H3. The van der Waals surface area contributed by atoms with Crippen LogP contribution in [0.4, 0.5) is 0 Å². The van der Waals surface area contributed by atoms with Crippen molar-refractivity contribution < 1.29 is 9.53 Å². The zero-order valence-corrected chi connectivity index (χ0v) is 13.7. The molecule has 3 rings (SSSR count). The summed E-state index contributed by atoms with van der Waals surface area (Å²) in [7, 11) is 3.35. The van der Waals surface area contributed by atoms with Gasteiger partial charge in [-0.05, 0) is 17.7 Å². The highest BCUT2D eigenvalue weighted by Crippen LogP contribution is 2.14. The number of ether oxygens (including phenoxy) is 1. The molecule has 0 unspecified atom stereocenters. The van der Waals surface area contributed by atoms with Crippen LogP contribution in [0.3, 0.4) is 0 Å². The predicted octanol–water partition coefficient (Wildman–Crippen LogP) is 1.59. The first-order chi connectivity index (χ1) is 11.7. The van der Waals surface area contributed by atoms with Gasteiger partial charge in [-0.2, -0.15) is 0 Å². The van der Waals surface area contributed by atoms with Crippen LogP contribution in [0.2, 0.25) is 0 Å². The van der Waals surface area contributed by atoms with Crippen molar-refractivity contribution in [3.63, 3.8) is 0 Å². The third kappa shape index (κ3) is 3.41. The zero-order chi connectivity index (χ0) is 16.9. The number of pyridine rings is 2. The van der Waals surface area contributed by atoms with Gasteiger partial charge in [-0.15, -0.1) is 0 Å². The number of carbonyl (C=O) groups is 1. The number of amides is 1. The van der Waals surface area contributed by atoms with Gasteiger partial charge >= 0.3 is 0 Å². The summed E-state index contributed by atoms with van der Waals surface area (Å²) < 4.78 is 6.94. The molecule has 3 aromatic rings. The molecule has 0 aliphatic heterocycles. The van der Waals surface area contributed by atoms with E-state index in [1.807, 2.05) is 22.9 Å². The Labute approximate surface area is 139 Å². The number of methoxy groups -OCH3 is 1. The van der Waals surface area contributed by atoms with Crippen LogP contribution in [-0.2, 0) is 11.3 Å². The summed E-state index contributed by atoms with van der Waals surface area (Å²) in [6.07, 6.45) is 6.88. The molecule has 124 valence electrons. The fourth-order valence-electron chi connectivity index (χ4n) is 2.42. The monoisotopic (exact) mass is 325 g/mol. The Hall–Kier alpha value is -2.80. The van der Waals surface area contributed by atoms with Crippen LogP contribution in [0.1, 0.15) is 15.9 Å². The molecule has 0 aliphatic carbocycles. The van der Waals surface area contributed by atoms with Gasteiger partial charge < -0.3 is 14.2 Å². The van der Waals surface area contributed by atoms with Gasteiger partial charge in [-0.1, -0.05) is 6.07 Å². The Morgan fingerprint density at radius 3 is 2.96 bits per heavy atom. The molecule has 7 heteroatoms. The van der Waals surface area contributed by atoms with Crippen LogP contribution in [0.25, 0.3) is 11.2 Å². The summed E-state index contributed by atoms with van der Waals surface area (Å²) in [6, 6.07) is 5.67. The lowest BCUT2D eigenvalue weighted by Gasteiger charge is -2.16. The summed E-state index contributed by atoms with van der Waals surface area (Å²) in [5, 5.41) is 0. The van der Waals surface area contributed by atoms with Gasteiger partial charge in [-0.25, -0.2) is 9.97 Å². The van der Waals surface area contributed by atoms with E-state index in [0.29, 0.717) is 30.8 Å². The van der Waals surface area contributed by atoms with Crippen LogP contribution < -0.4 is 0 Å². The number of likely N-dealkylation sites (N-methyl/N-ethyl adjacent to an activating group) is 1. The SMILES string of the molecule is COCCN(C)C(=O)c1cnc2c(c1)ncn2Cc1cccnc1. The quantitative estimate of drug-likeness (QED) is 0.688. The van der Waals surface area contributed by atoms with Crippen LogP contribution in [-0.4, -0.2) is 57.6 Å². The number of aromatic nitrogens is 4. The Balaban J connectivity index is 1.82. The Bertz CT molecular complexity index is 831. The molecular weight excluding hydrogens is 306 g/mol. The van der Waals surface area contributed by atoms with Crippen LogP contribution in [0.5, 0.6) is 0 Å². The Kier molecular flexibility index (Phi) is 4.81. The largest absolute Gasteiger partial charge is 0.383 e. The fraction of sp³-hybridized carbons (Fsp3) is 0.294. The van der Waals surface area contributed by atoms with E-state index in [1.54, 1.807) is 43.8 Å². The predicted molar refractivity (Wildman–Crippen MR) is 89.7 cm³/mol. The molecule has 7 nitrogen and oxygen atoms in total. The van der Waals surface area contributed by atoms with Crippen molar-refractivity contribution in [3.05, 3.63) is 54.2 Å². The van der Waals surface area contributed by atoms with E-state index in [1.165, 1.54) is 0 Å². The molecule has 0 spiro atoms. The van der Waals surface area contributed by atoms with E-state index in [-0.39, 0.29) is 5.91 Å². The molecule has 24 heavy (non-hydrogen) atoms. The molecule has 0 fully saturated rings. The van der Waals surface area contributed by atoms with E-state index >= 15 is 0 Å². The van der Waals surface area contributed by atoms with E-state index < -0.39 is 0 Å².